The Balaban J connectivity index is 2.90. The van der Waals surface area contributed by atoms with Gasteiger partial charge in [0.25, 0.3) is 0 Å². The Morgan fingerprint density at radius 3 is 2.80 bits per heavy atom. The minimum Gasteiger partial charge on any atom is -0.0787 e. The number of rotatable bonds is 6. The van der Waals surface area contributed by atoms with Crippen molar-refractivity contribution in [2.24, 2.45) is 0 Å². The van der Waals surface area contributed by atoms with Gasteiger partial charge in [0, 0.05) is 18.9 Å². The molecular formula is C10H17+. The summed E-state index contributed by atoms with van der Waals surface area (Å²) in [5, 5.41) is 0. The van der Waals surface area contributed by atoms with E-state index >= 15 is 0 Å². The summed E-state index contributed by atoms with van der Waals surface area (Å²) < 4.78 is 0. The summed E-state index contributed by atoms with van der Waals surface area (Å²) in [6, 6.07) is 0. The monoisotopic (exact) mass is 137 g/mol. The van der Waals surface area contributed by atoms with Crippen molar-refractivity contribution in [3.63, 3.8) is 0 Å². The van der Waals surface area contributed by atoms with Gasteiger partial charge in [-0.2, -0.15) is 0 Å². The maximum atomic E-state index is 3.59. The van der Waals surface area contributed by atoms with Crippen LogP contribution in [0.5, 0.6) is 0 Å². The van der Waals surface area contributed by atoms with Crippen molar-refractivity contribution >= 4 is 0 Å². The van der Waals surface area contributed by atoms with Crippen LogP contribution in [0.2, 0.25) is 0 Å². The molecule has 0 aliphatic carbocycles. The Labute approximate surface area is 64.6 Å². The number of allylic oxidation sites excluding steroid dienone is 3. The zero-order valence-electron chi connectivity index (χ0n) is 6.84. The fourth-order valence-electron chi connectivity index (χ4n) is 0.766. The molecule has 56 valence electrons. The van der Waals surface area contributed by atoms with Crippen LogP contribution in [0.1, 0.15) is 32.6 Å². The molecule has 10 heavy (non-hydrogen) atoms. The van der Waals surface area contributed by atoms with Crippen molar-refractivity contribution in [2.45, 2.75) is 32.6 Å². The highest BCUT2D eigenvalue weighted by atomic mass is 13.9. The van der Waals surface area contributed by atoms with E-state index in [4.69, 9.17) is 0 Å². The highest BCUT2D eigenvalue weighted by Gasteiger charge is 1.88. The van der Waals surface area contributed by atoms with E-state index in [0.717, 1.165) is 0 Å². The second-order valence-electron chi connectivity index (χ2n) is 2.35. The second-order valence-corrected chi connectivity index (χ2v) is 2.35. The predicted molar refractivity (Wildman–Crippen MR) is 47.8 cm³/mol. The van der Waals surface area contributed by atoms with E-state index in [0.29, 0.717) is 0 Å². The van der Waals surface area contributed by atoms with Crippen molar-refractivity contribution < 1.29 is 0 Å². The van der Waals surface area contributed by atoms with Gasteiger partial charge in [0.15, 0.2) is 0 Å². The summed E-state index contributed by atoms with van der Waals surface area (Å²) in [7, 11) is 0. The SMILES string of the molecule is C=CC=C[CH+]CCCCC. The lowest BCUT2D eigenvalue weighted by atomic mass is 10.1. The molecule has 0 amide bonds. The summed E-state index contributed by atoms with van der Waals surface area (Å²) in [6.07, 6.45) is 13.2. The van der Waals surface area contributed by atoms with Gasteiger partial charge in [-0.3, -0.25) is 0 Å². The normalized spacial score (nSPS) is 10.1. The average Bonchev–Trinajstić information content (AvgIpc) is 1.97. The maximum Gasteiger partial charge on any atom is 0.0939 e. The molecule has 0 bridgehead atoms. The minimum absolute atomic E-state index is 1.21. The fraction of sp³-hybridized carbons (Fsp3) is 0.500. The van der Waals surface area contributed by atoms with Gasteiger partial charge < -0.3 is 0 Å². The van der Waals surface area contributed by atoms with Crippen LogP contribution in [0.15, 0.2) is 24.8 Å². The molecular weight excluding hydrogens is 120 g/mol. The maximum absolute atomic E-state index is 3.59. The largest absolute Gasteiger partial charge is 0.0939 e. The van der Waals surface area contributed by atoms with Crippen LogP contribution in [0, 0.1) is 6.42 Å². The van der Waals surface area contributed by atoms with E-state index in [1.807, 2.05) is 6.08 Å². The van der Waals surface area contributed by atoms with Gasteiger partial charge in [-0.1, -0.05) is 26.3 Å². The number of unbranched alkanes of at least 4 members (excludes halogenated alkanes) is 4. The van der Waals surface area contributed by atoms with E-state index in [1.54, 1.807) is 6.08 Å². The van der Waals surface area contributed by atoms with Crippen LogP contribution < -0.4 is 0 Å². The Kier molecular flexibility index (Phi) is 7.81. The number of hydrogen-bond donors (Lipinski definition) is 0. The van der Waals surface area contributed by atoms with Crippen LogP contribution in [-0.4, -0.2) is 0 Å². The Bertz CT molecular complexity index is 90.2. The molecule has 0 aliphatic heterocycles. The molecule has 0 nitrogen and oxygen atoms in total. The molecule has 0 spiro atoms. The molecule has 0 fully saturated rings. The van der Waals surface area contributed by atoms with Crippen LogP contribution >= 0.6 is 0 Å². The van der Waals surface area contributed by atoms with E-state index in [9.17, 15) is 0 Å². The lowest BCUT2D eigenvalue weighted by molar-refractivity contribution is 0.717. The molecule has 0 saturated carbocycles. The van der Waals surface area contributed by atoms with Crippen LogP contribution in [0.25, 0.3) is 0 Å². The summed E-state index contributed by atoms with van der Waals surface area (Å²) in [5.74, 6) is 0. The molecule has 0 aromatic heterocycles. The summed E-state index contributed by atoms with van der Waals surface area (Å²) in [4.78, 5) is 0. The lowest BCUT2D eigenvalue weighted by Gasteiger charge is -1.88. The smallest absolute Gasteiger partial charge is 0.0787 e. The van der Waals surface area contributed by atoms with Crippen molar-refractivity contribution in [3.8, 4) is 0 Å². The van der Waals surface area contributed by atoms with Crippen LogP contribution in [0.4, 0.5) is 0 Å². The highest BCUT2D eigenvalue weighted by molar-refractivity contribution is 5.03. The van der Waals surface area contributed by atoms with Gasteiger partial charge in [-0.15, -0.1) is 0 Å². The third kappa shape index (κ3) is 7.35. The second kappa shape index (κ2) is 8.35. The Morgan fingerprint density at radius 1 is 1.40 bits per heavy atom. The first-order valence-electron chi connectivity index (χ1n) is 4.02. The quantitative estimate of drug-likeness (QED) is 0.298. The zero-order chi connectivity index (χ0) is 7.66. The van der Waals surface area contributed by atoms with Gasteiger partial charge in [0.05, 0.1) is 12.2 Å². The first-order chi connectivity index (χ1) is 4.91. The van der Waals surface area contributed by atoms with Crippen molar-refractivity contribution in [1.82, 2.24) is 0 Å². The molecule has 0 rings (SSSR count). The van der Waals surface area contributed by atoms with E-state index in [1.165, 1.54) is 25.7 Å². The third-order valence-electron chi connectivity index (χ3n) is 1.36. The van der Waals surface area contributed by atoms with Crippen molar-refractivity contribution in [3.05, 3.63) is 31.2 Å². The summed E-state index contributed by atoms with van der Waals surface area (Å²) in [5.41, 5.74) is 0. The molecule has 0 aromatic carbocycles. The topological polar surface area (TPSA) is 0 Å². The van der Waals surface area contributed by atoms with E-state index < -0.39 is 0 Å². The molecule has 0 atom stereocenters. The number of hydrogen-bond acceptors (Lipinski definition) is 0. The molecule has 0 heteroatoms. The minimum atomic E-state index is 1.21. The zero-order valence-corrected chi connectivity index (χ0v) is 6.84. The highest BCUT2D eigenvalue weighted by Crippen LogP contribution is 2.01. The van der Waals surface area contributed by atoms with E-state index in [-0.39, 0.29) is 0 Å². The lowest BCUT2D eigenvalue weighted by Crippen LogP contribution is -1.73. The molecule has 0 radical (unpaired) electrons. The summed E-state index contributed by atoms with van der Waals surface area (Å²) >= 11 is 0. The first kappa shape index (κ1) is 9.35. The summed E-state index contributed by atoms with van der Waals surface area (Å²) in [6.45, 7) is 5.81. The fourth-order valence-corrected chi connectivity index (χ4v) is 0.766. The van der Waals surface area contributed by atoms with Crippen LogP contribution in [-0.2, 0) is 0 Å². The van der Waals surface area contributed by atoms with Gasteiger partial charge in [-0.25, -0.2) is 0 Å². The molecule has 0 unspecified atom stereocenters. The van der Waals surface area contributed by atoms with Gasteiger partial charge in [0.1, 0.15) is 0 Å². The Morgan fingerprint density at radius 2 is 2.20 bits per heavy atom. The van der Waals surface area contributed by atoms with Crippen molar-refractivity contribution in [1.29, 1.82) is 0 Å². The molecule has 0 aromatic rings. The average molecular weight is 137 g/mol. The first-order valence-corrected chi connectivity index (χ1v) is 4.02. The molecule has 0 N–H and O–H groups in total. The standard InChI is InChI=1S/C10H17/c1-3-5-7-9-10-8-6-4-2/h3,5,7,9H,1,4,6,8,10H2,2H3/q+1. The third-order valence-corrected chi connectivity index (χ3v) is 1.36. The van der Waals surface area contributed by atoms with Gasteiger partial charge >= 0.3 is 0 Å². The Hall–Kier alpha value is -0.650. The van der Waals surface area contributed by atoms with Gasteiger partial charge in [-0.05, 0) is 6.42 Å². The van der Waals surface area contributed by atoms with Crippen molar-refractivity contribution in [2.75, 3.05) is 0 Å². The van der Waals surface area contributed by atoms with Crippen LogP contribution in [0.3, 0.4) is 0 Å². The van der Waals surface area contributed by atoms with E-state index in [2.05, 4.69) is 26.0 Å². The molecule has 0 heterocycles. The van der Waals surface area contributed by atoms with Gasteiger partial charge in [0.2, 0.25) is 0 Å². The molecule has 0 aliphatic rings. The predicted octanol–water partition coefficient (Wildman–Crippen LogP) is 3.51. The molecule has 0 saturated heterocycles.